The highest BCUT2D eigenvalue weighted by Gasteiger charge is 2.14. The van der Waals surface area contributed by atoms with Gasteiger partial charge in [-0.2, -0.15) is 0 Å². The lowest BCUT2D eigenvalue weighted by molar-refractivity contribution is 0.0946. The summed E-state index contributed by atoms with van der Waals surface area (Å²) in [7, 11) is 0. The van der Waals surface area contributed by atoms with Gasteiger partial charge in [0.2, 0.25) is 0 Å². The van der Waals surface area contributed by atoms with Crippen molar-refractivity contribution in [2.45, 2.75) is 32.4 Å². The smallest absolute Gasteiger partial charge is 0.317 e. The van der Waals surface area contributed by atoms with Gasteiger partial charge in [-0.05, 0) is 55.8 Å². The molecule has 2 aromatic carbocycles. The molecule has 0 aliphatic carbocycles. The molecule has 7 heteroatoms. The number of hydrogen-bond acceptors (Lipinski definition) is 4. The number of rotatable bonds is 8. The van der Waals surface area contributed by atoms with Gasteiger partial charge < -0.3 is 10.2 Å². The Hall–Kier alpha value is -3.45. The minimum atomic E-state index is -0.574. The monoisotopic (exact) mass is 446 g/mol. The van der Waals surface area contributed by atoms with E-state index >= 15 is 0 Å². The molecule has 0 radical (unpaired) electrons. The van der Waals surface area contributed by atoms with E-state index in [9.17, 15) is 14.4 Å². The number of fused-ring (bicyclic) bond motifs is 1. The van der Waals surface area contributed by atoms with Gasteiger partial charge in [-0.3, -0.25) is 23.5 Å². The minimum Gasteiger partial charge on any atom is -0.351 e. The van der Waals surface area contributed by atoms with Gasteiger partial charge >= 0.3 is 11.1 Å². The minimum absolute atomic E-state index is 0.104. The number of benzene rings is 2. The van der Waals surface area contributed by atoms with Gasteiger partial charge in [0.15, 0.2) is 0 Å². The molecular formula is C26H30N4O3. The van der Waals surface area contributed by atoms with Crippen LogP contribution in [-0.4, -0.2) is 46.1 Å². The first-order valence-corrected chi connectivity index (χ1v) is 11.5. The molecule has 1 aliphatic heterocycles. The van der Waals surface area contributed by atoms with Crippen LogP contribution >= 0.6 is 0 Å². The lowest BCUT2D eigenvalue weighted by Crippen LogP contribution is -2.41. The van der Waals surface area contributed by atoms with Crippen molar-refractivity contribution >= 4 is 16.9 Å². The Bertz CT molecular complexity index is 1250. The Morgan fingerprint density at radius 2 is 1.55 bits per heavy atom. The van der Waals surface area contributed by atoms with Gasteiger partial charge in [0.1, 0.15) is 0 Å². The Balaban J connectivity index is 1.48. The molecule has 1 saturated heterocycles. The second kappa shape index (κ2) is 10.4. The SMILES string of the molecule is C=CCn1c(=O)c(=O)n(Cc2ccc(C(=O)NCCN3CCCCC3)cc2)c2ccccc21. The summed E-state index contributed by atoms with van der Waals surface area (Å²) < 4.78 is 2.93. The van der Waals surface area contributed by atoms with E-state index in [2.05, 4.69) is 16.8 Å². The highest BCUT2D eigenvalue weighted by atomic mass is 16.2. The van der Waals surface area contributed by atoms with E-state index in [1.807, 2.05) is 36.4 Å². The first-order valence-electron chi connectivity index (χ1n) is 11.5. The van der Waals surface area contributed by atoms with Crippen molar-refractivity contribution in [1.82, 2.24) is 19.4 Å². The number of aromatic nitrogens is 2. The molecular weight excluding hydrogens is 416 g/mol. The largest absolute Gasteiger partial charge is 0.351 e. The van der Waals surface area contributed by atoms with E-state index in [1.54, 1.807) is 18.2 Å². The Labute approximate surface area is 193 Å². The molecule has 0 saturated carbocycles. The first kappa shape index (κ1) is 22.7. The number of nitrogens with one attached hydrogen (secondary N) is 1. The number of piperidine rings is 1. The third-order valence-electron chi connectivity index (χ3n) is 6.17. The summed E-state index contributed by atoms with van der Waals surface area (Å²) >= 11 is 0. The number of allylic oxidation sites excluding steroid dienone is 1. The topological polar surface area (TPSA) is 76.3 Å². The normalized spacial score (nSPS) is 14.3. The van der Waals surface area contributed by atoms with Crippen LogP contribution in [0.25, 0.3) is 11.0 Å². The molecule has 4 rings (SSSR count). The third kappa shape index (κ3) is 5.14. The maximum absolute atomic E-state index is 12.8. The Morgan fingerprint density at radius 1 is 0.909 bits per heavy atom. The van der Waals surface area contributed by atoms with E-state index in [0.29, 0.717) is 23.1 Å². The maximum atomic E-state index is 12.8. The van der Waals surface area contributed by atoms with Gasteiger partial charge in [0, 0.05) is 25.2 Å². The fourth-order valence-corrected chi connectivity index (χ4v) is 4.39. The summed E-state index contributed by atoms with van der Waals surface area (Å²) in [5.74, 6) is -0.104. The molecule has 0 unspecified atom stereocenters. The number of para-hydroxylation sites is 2. The summed E-state index contributed by atoms with van der Waals surface area (Å²) in [5, 5.41) is 2.99. The van der Waals surface area contributed by atoms with Crippen LogP contribution in [0.3, 0.4) is 0 Å². The van der Waals surface area contributed by atoms with Crippen LogP contribution in [0, 0.1) is 0 Å². The van der Waals surface area contributed by atoms with Crippen LogP contribution in [0.1, 0.15) is 35.2 Å². The summed E-state index contributed by atoms with van der Waals surface area (Å²) in [4.78, 5) is 40.4. The molecule has 1 amide bonds. The number of hydrogen-bond donors (Lipinski definition) is 1. The standard InChI is InChI=1S/C26H30N4O3/c1-2-15-29-22-8-4-5-9-23(22)30(26(33)25(29)32)19-20-10-12-21(13-11-20)24(31)27-14-18-28-16-6-3-7-17-28/h2,4-5,8-13H,1,3,6-7,14-19H2,(H,27,31). The average Bonchev–Trinajstić information content (AvgIpc) is 2.85. The molecule has 33 heavy (non-hydrogen) atoms. The van der Waals surface area contributed by atoms with Gasteiger partial charge in [0.25, 0.3) is 5.91 Å². The van der Waals surface area contributed by atoms with Crippen LogP contribution < -0.4 is 16.4 Å². The number of amides is 1. The fraction of sp³-hybridized carbons (Fsp3) is 0.346. The van der Waals surface area contributed by atoms with Crippen molar-refractivity contribution in [2.75, 3.05) is 26.2 Å². The predicted octanol–water partition coefficient (Wildman–Crippen LogP) is 2.61. The molecule has 1 N–H and O–H groups in total. The number of carbonyl (C=O) groups is 1. The third-order valence-corrected chi connectivity index (χ3v) is 6.17. The summed E-state index contributed by atoms with van der Waals surface area (Å²) in [6.45, 7) is 7.93. The Kier molecular flexibility index (Phi) is 7.19. The first-order chi connectivity index (χ1) is 16.1. The van der Waals surface area contributed by atoms with Gasteiger partial charge in [-0.1, -0.05) is 36.8 Å². The molecule has 7 nitrogen and oxygen atoms in total. The lowest BCUT2D eigenvalue weighted by Gasteiger charge is -2.26. The quantitative estimate of drug-likeness (QED) is 0.426. The van der Waals surface area contributed by atoms with Crippen molar-refractivity contribution in [3.8, 4) is 0 Å². The van der Waals surface area contributed by atoms with E-state index in [-0.39, 0.29) is 19.0 Å². The lowest BCUT2D eigenvalue weighted by atomic mass is 10.1. The number of nitrogens with zero attached hydrogens (tertiary/aromatic N) is 3. The number of likely N-dealkylation sites (tertiary alicyclic amines) is 1. The van der Waals surface area contributed by atoms with E-state index < -0.39 is 11.1 Å². The zero-order valence-corrected chi connectivity index (χ0v) is 18.8. The molecule has 1 aliphatic rings. The highest BCUT2D eigenvalue weighted by Crippen LogP contribution is 2.13. The van der Waals surface area contributed by atoms with Gasteiger partial charge in [0.05, 0.1) is 17.6 Å². The van der Waals surface area contributed by atoms with Crippen molar-refractivity contribution in [3.05, 3.63) is 93.0 Å². The second-order valence-corrected chi connectivity index (χ2v) is 8.44. The molecule has 2 heterocycles. The van der Waals surface area contributed by atoms with Crippen LogP contribution in [0.4, 0.5) is 0 Å². The Morgan fingerprint density at radius 3 is 2.21 bits per heavy atom. The van der Waals surface area contributed by atoms with Crippen molar-refractivity contribution in [2.24, 2.45) is 0 Å². The van der Waals surface area contributed by atoms with E-state index in [0.717, 1.165) is 25.2 Å². The van der Waals surface area contributed by atoms with Crippen molar-refractivity contribution in [3.63, 3.8) is 0 Å². The fourth-order valence-electron chi connectivity index (χ4n) is 4.39. The molecule has 172 valence electrons. The molecule has 0 bridgehead atoms. The van der Waals surface area contributed by atoms with Crippen molar-refractivity contribution < 1.29 is 4.79 Å². The van der Waals surface area contributed by atoms with Crippen LogP contribution in [0.5, 0.6) is 0 Å². The predicted molar refractivity (Wildman–Crippen MR) is 131 cm³/mol. The van der Waals surface area contributed by atoms with Crippen molar-refractivity contribution in [1.29, 1.82) is 0 Å². The summed E-state index contributed by atoms with van der Waals surface area (Å²) in [6, 6.07) is 14.5. The zero-order valence-electron chi connectivity index (χ0n) is 18.8. The zero-order chi connectivity index (χ0) is 23.2. The van der Waals surface area contributed by atoms with Crippen LogP contribution in [0.15, 0.2) is 70.8 Å². The van der Waals surface area contributed by atoms with Gasteiger partial charge in [-0.15, -0.1) is 6.58 Å². The van der Waals surface area contributed by atoms with Crippen LogP contribution in [-0.2, 0) is 13.1 Å². The summed E-state index contributed by atoms with van der Waals surface area (Å²) in [6.07, 6.45) is 5.37. The van der Waals surface area contributed by atoms with E-state index in [1.165, 1.54) is 28.4 Å². The highest BCUT2D eigenvalue weighted by molar-refractivity contribution is 5.94. The molecule has 0 atom stereocenters. The molecule has 0 spiro atoms. The molecule has 1 fully saturated rings. The maximum Gasteiger partial charge on any atom is 0.317 e. The molecule has 3 aromatic rings. The van der Waals surface area contributed by atoms with Crippen LogP contribution in [0.2, 0.25) is 0 Å². The second-order valence-electron chi connectivity index (χ2n) is 8.44. The average molecular weight is 447 g/mol. The van der Waals surface area contributed by atoms with E-state index in [4.69, 9.17) is 0 Å². The number of carbonyl (C=O) groups excluding carboxylic acids is 1. The molecule has 1 aromatic heterocycles. The summed E-state index contributed by atoms with van der Waals surface area (Å²) in [5.41, 5.74) is 1.65. The van der Waals surface area contributed by atoms with Gasteiger partial charge in [-0.25, -0.2) is 0 Å².